The fraction of sp³-hybridized carbons (Fsp3) is 0.571. The molecular weight excluding hydrogens is 512 g/mol. The van der Waals surface area contributed by atoms with Gasteiger partial charge in [0, 0.05) is 12.0 Å². The minimum atomic E-state index is -0.296. The molecule has 0 saturated heterocycles. The SMILES string of the molecule is CCCCCCCCCCCCCCCc1cccc(OCCCC(=O)Nc2cc(C(=O)CC#N)ccc2OC)c1. The quantitative estimate of drug-likeness (QED) is 0.108. The summed E-state index contributed by atoms with van der Waals surface area (Å²) in [6, 6.07) is 14.9. The standard InChI is InChI=1S/C35H50N2O4/c1-3-4-5-6-7-8-9-10-11-12-13-14-15-18-29-19-16-20-31(27-29)41-26-17-21-35(39)37-32-28-30(33(38)24-25-36)22-23-34(32)40-2/h16,19-20,22-23,27-28H,3-15,17-18,21,24,26H2,1-2H3,(H,37,39). The Morgan fingerprint density at radius 2 is 1.49 bits per heavy atom. The van der Waals surface area contributed by atoms with Gasteiger partial charge in [-0.1, -0.05) is 96.1 Å². The average Bonchev–Trinajstić information content (AvgIpc) is 2.98. The third kappa shape index (κ3) is 14.7. The summed E-state index contributed by atoms with van der Waals surface area (Å²) in [6.45, 7) is 2.71. The van der Waals surface area contributed by atoms with Crippen LogP contribution in [0.5, 0.6) is 11.5 Å². The number of Topliss-reactive ketones (excluding diaryl/α,β-unsaturated/α-hetero) is 1. The number of ketones is 1. The van der Waals surface area contributed by atoms with Gasteiger partial charge in [0.1, 0.15) is 11.5 Å². The van der Waals surface area contributed by atoms with Gasteiger partial charge in [-0.05, 0) is 55.2 Å². The van der Waals surface area contributed by atoms with E-state index in [-0.39, 0.29) is 24.5 Å². The summed E-state index contributed by atoms with van der Waals surface area (Å²) in [4.78, 5) is 24.5. The molecule has 6 heteroatoms. The number of hydrogen-bond acceptors (Lipinski definition) is 5. The predicted octanol–water partition coefficient (Wildman–Crippen LogP) is 9.22. The molecule has 6 nitrogen and oxygen atoms in total. The van der Waals surface area contributed by atoms with Gasteiger partial charge in [-0.2, -0.15) is 5.26 Å². The van der Waals surface area contributed by atoms with Gasteiger partial charge in [0.2, 0.25) is 5.91 Å². The molecule has 1 N–H and O–H groups in total. The van der Waals surface area contributed by atoms with Crippen molar-refractivity contribution in [1.29, 1.82) is 5.26 Å². The maximum Gasteiger partial charge on any atom is 0.224 e. The highest BCUT2D eigenvalue weighted by atomic mass is 16.5. The smallest absolute Gasteiger partial charge is 0.224 e. The second-order valence-corrected chi connectivity index (χ2v) is 10.8. The van der Waals surface area contributed by atoms with E-state index in [1.807, 2.05) is 18.2 Å². The molecular formula is C35H50N2O4. The van der Waals surface area contributed by atoms with Crippen molar-refractivity contribution in [1.82, 2.24) is 0 Å². The Hall–Kier alpha value is -3.33. The van der Waals surface area contributed by atoms with E-state index in [0.29, 0.717) is 30.0 Å². The average molecular weight is 563 g/mol. The number of rotatable bonds is 23. The van der Waals surface area contributed by atoms with Crippen LogP contribution in [0.2, 0.25) is 0 Å². The summed E-state index contributed by atoms with van der Waals surface area (Å²) in [6.07, 6.45) is 19.4. The summed E-state index contributed by atoms with van der Waals surface area (Å²) in [5, 5.41) is 11.6. The summed E-state index contributed by atoms with van der Waals surface area (Å²) >= 11 is 0. The van der Waals surface area contributed by atoms with Gasteiger partial charge < -0.3 is 14.8 Å². The minimum absolute atomic E-state index is 0.187. The summed E-state index contributed by atoms with van der Waals surface area (Å²) < 4.78 is 11.2. The lowest BCUT2D eigenvalue weighted by molar-refractivity contribution is -0.116. The summed E-state index contributed by atoms with van der Waals surface area (Å²) in [7, 11) is 1.50. The van der Waals surface area contributed by atoms with Crippen molar-refractivity contribution < 1.29 is 19.1 Å². The van der Waals surface area contributed by atoms with Crippen LogP contribution in [0.25, 0.3) is 0 Å². The fourth-order valence-corrected chi connectivity index (χ4v) is 4.93. The Morgan fingerprint density at radius 3 is 2.12 bits per heavy atom. The first-order valence-electron chi connectivity index (χ1n) is 15.7. The van der Waals surface area contributed by atoms with E-state index >= 15 is 0 Å². The Labute approximate surface area is 247 Å². The minimum Gasteiger partial charge on any atom is -0.495 e. The van der Waals surface area contributed by atoms with Gasteiger partial charge in [-0.25, -0.2) is 0 Å². The van der Waals surface area contributed by atoms with Crippen LogP contribution in [0.1, 0.15) is 126 Å². The van der Waals surface area contributed by atoms with Crippen molar-refractivity contribution in [3.8, 4) is 17.6 Å². The molecule has 0 aliphatic carbocycles. The molecule has 2 aromatic carbocycles. The maximum atomic E-state index is 12.5. The third-order valence-corrected chi connectivity index (χ3v) is 7.32. The third-order valence-electron chi connectivity index (χ3n) is 7.32. The van der Waals surface area contributed by atoms with Gasteiger partial charge in [0.25, 0.3) is 0 Å². The number of anilines is 1. The molecule has 0 aromatic heterocycles. The molecule has 0 aliphatic heterocycles. The first-order chi connectivity index (χ1) is 20.1. The van der Waals surface area contributed by atoms with E-state index in [2.05, 4.69) is 24.4 Å². The number of aryl methyl sites for hydroxylation is 1. The Morgan fingerprint density at radius 1 is 0.829 bits per heavy atom. The van der Waals surface area contributed by atoms with Crippen LogP contribution in [0, 0.1) is 11.3 Å². The lowest BCUT2D eigenvalue weighted by Crippen LogP contribution is -2.14. The number of carbonyl (C=O) groups excluding carboxylic acids is 2. The zero-order valence-electron chi connectivity index (χ0n) is 25.3. The van der Waals surface area contributed by atoms with Crippen molar-refractivity contribution in [3.63, 3.8) is 0 Å². The van der Waals surface area contributed by atoms with E-state index in [1.165, 1.54) is 96.1 Å². The van der Waals surface area contributed by atoms with Crippen LogP contribution in [-0.2, 0) is 11.2 Å². The number of nitrogens with zero attached hydrogens (tertiary/aromatic N) is 1. The number of nitrogens with one attached hydrogen (secondary N) is 1. The largest absolute Gasteiger partial charge is 0.495 e. The fourth-order valence-electron chi connectivity index (χ4n) is 4.93. The van der Waals surface area contributed by atoms with E-state index in [9.17, 15) is 9.59 Å². The molecule has 0 bridgehead atoms. The summed E-state index contributed by atoms with van der Waals surface area (Å²) in [5.74, 6) is 0.815. The molecule has 0 heterocycles. The van der Waals surface area contributed by atoms with Crippen LogP contribution in [-0.4, -0.2) is 25.4 Å². The van der Waals surface area contributed by atoms with Crippen LogP contribution >= 0.6 is 0 Å². The number of nitriles is 1. The Balaban J connectivity index is 1.59. The van der Waals surface area contributed by atoms with Crippen LogP contribution in [0.15, 0.2) is 42.5 Å². The van der Waals surface area contributed by atoms with Crippen LogP contribution < -0.4 is 14.8 Å². The zero-order chi connectivity index (χ0) is 29.5. The number of ether oxygens (including phenoxy) is 2. The molecule has 2 aromatic rings. The Kier molecular flexibility index (Phi) is 17.7. The second-order valence-electron chi connectivity index (χ2n) is 10.8. The highest BCUT2D eigenvalue weighted by Gasteiger charge is 2.12. The van der Waals surface area contributed by atoms with Crippen molar-refractivity contribution in [2.75, 3.05) is 19.0 Å². The lowest BCUT2D eigenvalue weighted by atomic mass is 10.0. The van der Waals surface area contributed by atoms with Crippen molar-refractivity contribution in [3.05, 3.63) is 53.6 Å². The van der Waals surface area contributed by atoms with E-state index in [1.54, 1.807) is 18.2 Å². The van der Waals surface area contributed by atoms with Crippen molar-refractivity contribution >= 4 is 17.4 Å². The van der Waals surface area contributed by atoms with Gasteiger partial charge >= 0.3 is 0 Å². The van der Waals surface area contributed by atoms with Crippen molar-refractivity contribution in [2.45, 2.75) is 116 Å². The van der Waals surface area contributed by atoms with Gasteiger partial charge in [0.15, 0.2) is 5.78 Å². The first-order valence-corrected chi connectivity index (χ1v) is 15.7. The van der Waals surface area contributed by atoms with Gasteiger partial charge in [-0.15, -0.1) is 0 Å². The monoisotopic (exact) mass is 562 g/mol. The van der Waals surface area contributed by atoms with E-state index in [4.69, 9.17) is 14.7 Å². The molecule has 0 atom stereocenters. The number of hydrogen-bond donors (Lipinski definition) is 1. The topological polar surface area (TPSA) is 88.4 Å². The van der Waals surface area contributed by atoms with E-state index < -0.39 is 0 Å². The number of unbranched alkanes of at least 4 members (excludes halogenated alkanes) is 12. The molecule has 1 amide bonds. The lowest BCUT2D eigenvalue weighted by Gasteiger charge is -2.12. The number of methoxy groups -OCH3 is 1. The molecule has 224 valence electrons. The summed E-state index contributed by atoms with van der Waals surface area (Å²) in [5.41, 5.74) is 2.08. The normalized spacial score (nSPS) is 10.7. The van der Waals surface area contributed by atoms with Crippen LogP contribution in [0.3, 0.4) is 0 Å². The first kappa shape index (κ1) is 33.9. The molecule has 0 aliphatic rings. The highest BCUT2D eigenvalue weighted by molar-refractivity contribution is 6.00. The van der Waals surface area contributed by atoms with Gasteiger partial charge in [0.05, 0.1) is 31.9 Å². The molecule has 2 rings (SSSR count). The second kappa shape index (κ2) is 21.4. The maximum absolute atomic E-state index is 12.5. The number of carbonyl (C=O) groups is 2. The number of amides is 1. The number of benzene rings is 2. The van der Waals surface area contributed by atoms with Crippen LogP contribution in [0.4, 0.5) is 5.69 Å². The highest BCUT2D eigenvalue weighted by Crippen LogP contribution is 2.26. The molecule has 0 spiro atoms. The van der Waals surface area contributed by atoms with Gasteiger partial charge in [-0.3, -0.25) is 9.59 Å². The molecule has 0 saturated carbocycles. The molecule has 0 unspecified atom stereocenters. The molecule has 0 radical (unpaired) electrons. The van der Waals surface area contributed by atoms with Crippen molar-refractivity contribution in [2.24, 2.45) is 0 Å². The molecule has 0 fully saturated rings. The van der Waals surface area contributed by atoms with E-state index in [0.717, 1.165) is 12.2 Å². The molecule has 41 heavy (non-hydrogen) atoms. The Bertz CT molecular complexity index is 1080. The zero-order valence-corrected chi connectivity index (χ0v) is 25.3. The predicted molar refractivity (Wildman–Crippen MR) is 167 cm³/mol.